The molecule has 0 aliphatic heterocycles. The maximum Gasteiger partial charge on any atom is 0.218 e. The molecule has 0 fully saturated rings. The topological polar surface area (TPSA) is 91.9 Å². The molecule has 0 spiro atoms. The third kappa shape index (κ3) is 8.05. The molecule has 6 nitrogen and oxygen atoms in total. The molecule has 0 aliphatic carbocycles. The van der Waals surface area contributed by atoms with E-state index in [1.807, 2.05) is 0 Å². The van der Waals surface area contributed by atoms with Crippen LogP contribution in [0.15, 0.2) is 5.11 Å². The van der Waals surface area contributed by atoms with Gasteiger partial charge >= 0.3 is 0 Å². The number of unbranched alkanes of at least 4 members (excludes halogenated alkanes) is 5. The second kappa shape index (κ2) is 10.2. The zero-order chi connectivity index (χ0) is 12.2. The molecule has 1 atom stereocenters. The van der Waals surface area contributed by atoms with Crippen molar-refractivity contribution in [3.8, 4) is 0 Å². The average molecular weight is 228 g/mol. The Labute approximate surface area is 95.8 Å². The minimum Gasteiger partial charge on any atom is -0.264 e. The number of hydrogen-bond donors (Lipinski definition) is 0. The molecule has 6 heteroatoms. The van der Waals surface area contributed by atoms with E-state index >= 15 is 0 Å². The normalized spacial score (nSPS) is 11.8. The molecular formula is C10H20N4O2. The van der Waals surface area contributed by atoms with Gasteiger partial charge in [0, 0.05) is 16.3 Å². The van der Waals surface area contributed by atoms with Gasteiger partial charge in [0.15, 0.2) is 0 Å². The van der Waals surface area contributed by atoms with Crippen LogP contribution in [0.4, 0.5) is 0 Å². The van der Waals surface area contributed by atoms with Crippen LogP contribution < -0.4 is 0 Å². The number of nitrogens with zero attached hydrogens (tertiary/aromatic N) is 4. The maximum absolute atomic E-state index is 10.6. The number of azide groups is 1. The molecule has 0 amide bonds. The second-order valence-corrected chi connectivity index (χ2v) is 3.91. The van der Waals surface area contributed by atoms with Gasteiger partial charge < -0.3 is 0 Å². The summed E-state index contributed by atoms with van der Waals surface area (Å²) in [7, 11) is 0. The summed E-state index contributed by atoms with van der Waals surface area (Å²) in [5, 5.41) is 13.9. The van der Waals surface area contributed by atoms with Gasteiger partial charge in [-0.15, -0.1) is 0 Å². The van der Waals surface area contributed by atoms with Gasteiger partial charge in [0.25, 0.3) is 0 Å². The number of rotatable bonds is 10. The third-order valence-corrected chi connectivity index (χ3v) is 2.54. The molecule has 0 bridgehead atoms. The van der Waals surface area contributed by atoms with E-state index in [1.165, 1.54) is 19.3 Å². The molecule has 0 heterocycles. The minimum absolute atomic E-state index is 0.0293. The van der Waals surface area contributed by atoms with Crippen molar-refractivity contribution in [2.45, 2.75) is 57.9 Å². The van der Waals surface area contributed by atoms with Crippen LogP contribution in [0.5, 0.6) is 0 Å². The quantitative estimate of drug-likeness (QED) is 0.142. The summed E-state index contributed by atoms with van der Waals surface area (Å²) in [4.78, 5) is 12.8. The molecule has 0 N–H and O–H groups in total. The van der Waals surface area contributed by atoms with Crippen molar-refractivity contribution >= 4 is 0 Å². The molecule has 0 rings (SSSR count). The molecule has 0 saturated heterocycles. The van der Waals surface area contributed by atoms with Gasteiger partial charge in [-0.3, -0.25) is 10.1 Å². The van der Waals surface area contributed by atoms with Crippen LogP contribution in [0.3, 0.4) is 0 Å². The monoisotopic (exact) mass is 228 g/mol. The fraction of sp³-hybridized carbons (Fsp3) is 1.00. The first-order chi connectivity index (χ1) is 7.72. The molecule has 92 valence electrons. The predicted molar refractivity (Wildman–Crippen MR) is 62.8 cm³/mol. The summed E-state index contributed by atoms with van der Waals surface area (Å²) < 4.78 is 0. The zero-order valence-corrected chi connectivity index (χ0v) is 9.84. The number of nitro groups is 1. The lowest BCUT2D eigenvalue weighted by Gasteiger charge is -2.06. The SMILES string of the molecule is CCCCCCCCC(CN=[N+]=[N-])[N+](=O)[O-]. The Morgan fingerprint density at radius 2 is 1.94 bits per heavy atom. The summed E-state index contributed by atoms with van der Waals surface area (Å²) in [6.45, 7) is 2.13. The average Bonchev–Trinajstić information content (AvgIpc) is 2.26. The van der Waals surface area contributed by atoms with Gasteiger partial charge in [0.1, 0.15) is 0 Å². The van der Waals surface area contributed by atoms with E-state index in [2.05, 4.69) is 16.9 Å². The van der Waals surface area contributed by atoms with E-state index in [1.54, 1.807) is 0 Å². The van der Waals surface area contributed by atoms with Crippen LogP contribution in [0.2, 0.25) is 0 Å². The molecular weight excluding hydrogens is 208 g/mol. The Bertz CT molecular complexity index is 239. The van der Waals surface area contributed by atoms with Crippen molar-refractivity contribution in [2.75, 3.05) is 6.54 Å². The van der Waals surface area contributed by atoms with Crippen LogP contribution in [-0.4, -0.2) is 17.5 Å². The Kier molecular flexibility index (Phi) is 9.41. The molecule has 0 aromatic carbocycles. The third-order valence-electron chi connectivity index (χ3n) is 2.54. The largest absolute Gasteiger partial charge is 0.264 e. The van der Waals surface area contributed by atoms with Gasteiger partial charge in [-0.2, -0.15) is 0 Å². The second-order valence-electron chi connectivity index (χ2n) is 3.91. The van der Waals surface area contributed by atoms with Crippen molar-refractivity contribution in [1.29, 1.82) is 0 Å². The Hall–Kier alpha value is -1.29. The smallest absolute Gasteiger partial charge is 0.218 e. The summed E-state index contributed by atoms with van der Waals surface area (Å²) in [5.41, 5.74) is 8.10. The van der Waals surface area contributed by atoms with Gasteiger partial charge in [-0.1, -0.05) is 44.1 Å². The Balaban J connectivity index is 3.60. The molecule has 0 radical (unpaired) electrons. The van der Waals surface area contributed by atoms with Crippen LogP contribution >= 0.6 is 0 Å². The summed E-state index contributed by atoms with van der Waals surface area (Å²) in [5.74, 6) is 0. The minimum atomic E-state index is -0.706. The Morgan fingerprint density at radius 3 is 2.50 bits per heavy atom. The summed E-state index contributed by atoms with van der Waals surface area (Å²) >= 11 is 0. The van der Waals surface area contributed by atoms with Gasteiger partial charge in [-0.05, 0) is 12.0 Å². The van der Waals surface area contributed by atoms with E-state index in [9.17, 15) is 10.1 Å². The van der Waals surface area contributed by atoms with Crippen molar-refractivity contribution in [3.63, 3.8) is 0 Å². The van der Waals surface area contributed by atoms with Crippen molar-refractivity contribution < 1.29 is 4.92 Å². The molecule has 16 heavy (non-hydrogen) atoms. The van der Waals surface area contributed by atoms with E-state index in [-0.39, 0.29) is 11.5 Å². The van der Waals surface area contributed by atoms with Crippen molar-refractivity contribution in [1.82, 2.24) is 0 Å². The first-order valence-electron chi connectivity index (χ1n) is 5.86. The lowest BCUT2D eigenvalue weighted by atomic mass is 10.1. The van der Waals surface area contributed by atoms with Crippen LogP contribution in [0.1, 0.15) is 51.9 Å². The highest BCUT2D eigenvalue weighted by atomic mass is 16.6. The molecule has 0 aliphatic rings. The van der Waals surface area contributed by atoms with Crippen LogP contribution in [-0.2, 0) is 0 Å². The van der Waals surface area contributed by atoms with Gasteiger partial charge in [0.05, 0.1) is 6.54 Å². The molecule has 0 aromatic rings. The fourth-order valence-corrected chi connectivity index (χ4v) is 1.55. The molecule has 1 unspecified atom stereocenters. The lowest BCUT2D eigenvalue weighted by molar-refractivity contribution is -0.520. The maximum atomic E-state index is 10.6. The predicted octanol–water partition coefficient (Wildman–Crippen LogP) is 3.69. The van der Waals surface area contributed by atoms with Crippen LogP contribution in [0, 0.1) is 10.1 Å². The van der Waals surface area contributed by atoms with E-state index in [4.69, 9.17) is 5.53 Å². The Morgan fingerprint density at radius 1 is 1.31 bits per heavy atom. The highest BCUT2D eigenvalue weighted by molar-refractivity contribution is 4.61. The van der Waals surface area contributed by atoms with Crippen molar-refractivity contribution in [3.05, 3.63) is 20.6 Å². The summed E-state index contributed by atoms with van der Waals surface area (Å²) in [6, 6.07) is -0.706. The van der Waals surface area contributed by atoms with E-state index in [0.717, 1.165) is 19.3 Å². The van der Waals surface area contributed by atoms with E-state index < -0.39 is 6.04 Å². The molecule has 0 aromatic heterocycles. The van der Waals surface area contributed by atoms with E-state index in [0.29, 0.717) is 6.42 Å². The first-order valence-corrected chi connectivity index (χ1v) is 5.86. The van der Waals surface area contributed by atoms with Crippen molar-refractivity contribution in [2.24, 2.45) is 5.11 Å². The standard InChI is InChI=1S/C10H20N4O2/c1-2-3-4-5-6-7-8-10(14(15)16)9-12-13-11/h10H,2-9H2,1H3. The molecule has 0 saturated carbocycles. The zero-order valence-electron chi connectivity index (χ0n) is 9.84. The van der Waals surface area contributed by atoms with Gasteiger partial charge in [0.2, 0.25) is 6.04 Å². The van der Waals surface area contributed by atoms with Crippen LogP contribution in [0.25, 0.3) is 10.4 Å². The van der Waals surface area contributed by atoms with Gasteiger partial charge in [-0.25, -0.2) is 0 Å². The lowest BCUT2D eigenvalue weighted by Crippen LogP contribution is -2.22. The fourth-order valence-electron chi connectivity index (χ4n) is 1.55. The first kappa shape index (κ1) is 14.7. The number of hydrogen-bond acceptors (Lipinski definition) is 3. The highest BCUT2D eigenvalue weighted by Crippen LogP contribution is 2.10. The summed E-state index contributed by atoms with van der Waals surface area (Å²) in [6.07, 6.45) is 7.16. The highest BCUT2D eigenvalue weighted by Gasteiger charge is 2.17.